The molecule has 0 saturated heterocycles. The van der Waals surface area contributed by atoms with Gasteiger partial charge in [0.25, 0.3) is 0 Å². The maximum Gasteiger partial charge on any atom is 0.168 e. The molecule has 10 rings (SSSR count). The fraction of sp³-hybridized carbons (Fsp3) is 0.217. The molecule has 0 saturated carbocycles. The van der Waals surface area contributed by atoms with Crippen LogP contribution in [0.2, 0.25) is 19.6 Å². The van der Waals surface area contributed by atoms with Crippen LogP contribution in [0.5, 0.6) is 0 Å². The maximum absolute atomic E-state index is 6.55. The molecule has 0 aliphatic heterocycles. The number of rotatable bonds is 10. The van der Waals surface area contributed by atoms with Gasteiger partial charge in [0.15, 0.2) is 5.65 Å². The summed E-state index contributed by atoms with van der Waals surface area (Å²) in [5.74, 6) is 1.95. The second-order valence-corrected chi connectivity index (χ2v) is 24.4. The van der Waals surface area contributed by atoms with E-state index in [0.717, 1.165) is 73.5 Å². The smallest absolute Gasteiger partial charge is 0.168 e. The van der Waals surface area contributed by atoms with Crippen LogP contribution in [0.15, 0.2) is 162 Å². The monoisotopic (exact) mass is 1070 g/mol. The zero-order valence-corrected chi connectivity index (χ0v) is 43.4. The summed E-state index contributed by atoms with van der Waals surface area (Å²) in [7, 11) is -1.34. The van der Waals surface area contributed by atoms with Gasteiger partial charge in [-0.15, -0.1) is 54.1 Å². The van der Waals surface area contributed by atoms with Gasteiger partial charge in [-0.25, -0.2) is 4.98 Å². The number of pyridine rings is 2. The van der Waals surface area contributed by atoms with Crippen LogP contribution in [0.3, 0.4) is 0 Å². The molecule has 4 aromatic heterocycles. The summed E-state index contributed by atoms with van der Waals surface area (Å²) < 4.78 is 8.86. The molecule has 0 bridgehead atoms. The van der Waals surface area contributed by atoms with Crippen molar-refractivity contribution in [1.29, 1.82) is 0 Å². The molecule has 5 nitrogen and oxygen atoms in total. The molecule has 7 heteroatoms. The summed E-state index contributed by atoms with van der Waals surface area (Å²) in [5.41, 5.74) is 15.7. The van der Waals surface area contributed by atoms with Gasteiger partial charge in [-0.2, -0.15) is 0 Å². The van der Waals surface area contributed by atoms with Crippen molar-refractivity contribution in [2.45, 2.75) is 79.4 Å². The zero-order valence-electron chi connectivity index (χ0n) is 40.0. The number of para-hydroxylation sites is 1. The number of hydrogen-bond acceptors (Lipinski definition) is 4. The molecule has 67 heavy (non-hydrogen) atoms. The number of fused-ring (bicyclic) bond motifs is 4. The van der Waals surface area contributed by atoms with Crippen LogP contribution in [-0.2, 0) is 26.5 Å². The molecule has 6 aromatic carbocycles. The van der Waals surface area contributed by atoms with E-state index in [1.165, 1.54) is 33.0 Å². The summed E-state index contributed by atoms with van der Waals surface area (Å²) in [6.07, 6.45) is 3.24. The van der Waals surface area contributed by atoms with E-state index in [2.05, 4.69) is 186 Å². The van der Waals surface area contributed by atoms with Crippen LogP contribution < -0.4 is 5.19 Å². The SMILES string of the molecule is CC(C)Cc1cc(-c2[c-]cccc2)ncc1[Si](C)(C)C.CC(C)c1cc(-c2ccccc2)cc(C(C)C)c1-n1c(-c2[c-]ccc3c2oc2ccccc23)nc2nc(-c3ccccc3)ccc21.[Ir]. The second-order valence-electron chi connectivity index (χ2n) is 19.4. The van der Waals surface area contributed by atoms with E-state index in [4.69, 9.17) is 14.4 Å². The number of furan rings is 1. The van der Waals surface area contributed by atoms with Crippen molar-refractivity contribution in [3.63, 3.8) is 0 Å². The molecule has 0 atom stereocenters. The Morgan fingerprint density at radius 1 is 0.612 bits per heavy atom. The van der Waals surface area contributed by atoms with Crippen molar-refractivity contribution in [3.8, 4) is 50.7 Å². The summed E-state index contributed by atoms with van der Waals surface area (Å²) in [6, 6.07) is 59.3. The molecular formula is C60H58IrN4OSi-2. The van der Waals surface area contributed by atoms with Crippen LogP contribution in [0.4, 0.5) is 0 Å². The van der Waals surface area contributed by atoms with Crippen molar-refractivity contribution in [2.75, 3.05) is 0 Å². The Morgan fingerprint density at radius 2 is 1.27 bits per heavy atom. The molecule has 0 N–H and O–H groups in total. The van der Waals surface area contributed by atoms with E-state index in [0.29, 0.717) is 11.6 Å². The van der Waals surface area contributed by atoms with E-state index in [9.17, 15) is 0 Å². The number of benzene rings is 6. The molecule has 10 aromatic rings. The van der Waals surface area contributed by atoms with Crippen molar-refractivity contribution in [3.05, 3.63) is 187 Å². The minimum Gasteiger partial charge on any atom is -0.501 e. The average molecular weight is 1070 g/mol. The Balaban J connectivity index is 0.000000244. The second kappa shape index (κ2) is 19.9. The molecule has 0 aliphatic rings. The normalized spacial score (nSPS) is 11.7. The van der Waals surface area contributed by atoms with E-state index >= 15 is 0 Å². The Kier molecular flexibility index (Phi) is 14.1. The van der Waals surface area contributed by atoms with E-state index in [1.54, 1.807) is 0 Å². The van der Waals surface area contributed by atoms with Crippen molar-refractivity contribution in [2.24, 2.45) is 5.92 Å². The summed E-state index contributed by atoms with van der Waals surface area (Å²) in [4.78, 5) is 15.1. The van der Waals surface area contributed by atoms with Gasteiger partial charge >= 0.3 is 0 Å². The van der Waals surface area contributed by atoms with Gasteiger partial charge in [0.05, 0.1) is 30.7 Å². The number of nitrogens with zero attached hydrogens (tertiary/aromatic N) is 4. The Labute approximate surface area is 410 Å². The molecule has 0 amide bonds. The van der Waals surface area contributed by atoms with Crippen molar-refractivity contribution < 1.29 is 24.5 Å². The largest absolute Gasteiger partial charge is 0.501 e. The third-order valence-corrected chi connectivity index (χ3v) is 14.4. The molecule has 0 aliphatic carbocycles. The molecule has 339 valence electrons. The van der Waals surface area contributed by atoms with Gasteiger partial charge in [0, 0.05) is 42.9 Å². The fourth-order valence-corrected chi connectivity index (χ4v) is 10.7. The summed E-state index contributed by atoms with van der Waals surface area (Å²) in [6.45, 7) is 20.8. The van der Waals surface area contributed by atoms with Crippen LogP contribution in [-0.4, -0.2) is 27.6 Å². The summed E-state index contributed by atoms with van der Waals surface area (Å²) in [5, 5.41) is 3.62. The number of aromatic nitrogens is 4. The van der Waals surface area contributed by atoms with Gasteiger partial charge in [-0.3, -0.25) is 4.98 Å². The first-order valence-corrected chi connectivity index (χ1v) is 26.8. The average Bonchev–Trinajstić information content (AvgIpc) is 3.90. The first kappa shape index (κ1) is 47.3. The van der Waals surface area contributed by atoms with Gasteiger partial charge in [0.2, 0.25) is 0 Å². The van der Waals surface area contributed by atoms with Gasteiger partial charge < -0.3 is 14.0 Å². The number of imidazole rings is 1. The van der Waals surface area contributed by atoms with Gasteiger partial charge in [0.1, 0.15) is 5.58 Å². The Bertz CT molecular complexity index is 3260. The predicted molar refractivity (Wildman–Crippen MR) is 279 cm³/mol. The first-order chi connectivity index (χ1) is 31.9. The van der Waals surface area contributed by atoms with Crippen LogP contribution >= 0.6 is 0 Å². The van der Waals surface area contributed by atoms with Gasteiger partial charge in [-0.1, -0.05) is 163 Å². The van der Waals surface area contributed by atoms with E-state index < -0.39 is 8.07 Å². The van der Waals surface area contributed by atoms with Crippen LogP contribution in [0.25, 0.3) is 83.8 Å². The zero-order chi connectivity index (χ0) is 46.1. The Morgan fingerprint density at radius 3 is 1.91 bits per heavy atom. The number of hydrogen-bond donors (Lipinski definition) is 0. The topological polar surface area (TPSA) is 56.7 Å². The minimum absolute atomic E-state index is 0. The van der Waals surface area contributed by atoms with Crippen LogP contribution in [0, 0.1) is 18.1 Å². The fourth-order valence-electron chi connectivity index (χ4n) is 9.08. The van der Waals surface area contributed by atoms with Crippen LogP contribution in [0.1, 0.15) is 70.1 Å². The Hall–Kier alpha value is -6.24. The molecule has 0 fully saturated rings. The molecular weight excluding hydrogens is 1010 g/mol. The van der Waals surface area contributed by atoms with Crippen molar-refractivity contribution in [1.82, 2.24) is 19.5 Å². The van der Waals surface area contributed by atoms with E-state index in [-0.39, 0.29) is 31.9 Å². The molecule has 0 unspecified atom stereocenters. The first-order valence-electron chi connectivity index (χ1n) is 23.3. The third kappa shape index (κ3) is 9.78. The third-order valence-electron chi connectivity index (χ3n) is 12.3. The predicted octanol–water partition coefficient (Wildman–Crippen LogP) is 15.7. The molecule has 0 spiro atoms. The molecule has 1 radical (unpaired) electrons. The minimum atomic E-state index is -1.34. The molecule has 4 heterocycles. The standard InChI is InChI=1S/C42H34N3O.C18H24NSi.Ir/c1-26(2)34-24-30(28-14-7-5-8-15-28)25-35(27(3)4)39(34)45-37-23-22-36(29-16-9-6-10-17-29)43-41(37)44-42(45)33-20-13-19-32-31-18-11-12-21-38(31)46-40(32)33;1-14(2)11-16-12-17(15-9-7-6-8-10-15)19-13-18(16)20(3,4)5;/h5-19,21-27H,1-4H3;6-9,12-14H,11H2,1-5H3;/q2*-1;. The van der Waals surface area contributed by atoms with E-state index in [1.807, 2.05) is 54.6 Å². The summed E-state index contributed by atoms with van der Waals surface area (Å²) >= 11 is 0. The quantitative estimate of drug-likeness (QED) is 0.101. The van der Waals surface area contributed by atoms with Crippen molar-refractivity contribution >= 4 is 46.4 Å². The van der Waals surface area contributed by atoms with Gasteiger partial charge in [-0.05, 0) is 87.6 Å². The maximum atomic E-state index is 6.55.